The maximum atomic E-state index is 14.9. The third kappa shape index (κ3) is 4.81. The van der Waals surface area contributed by atoms with E-state index in [9.17, 15) is 19.5 Å². The van der Waals surface area contributed by atoms with E-state index < -0.39 is 33.4 Å². The number of aliphatic hydroxyl groups excluding tert-OH is 1. The molecular formula is C32H44N2O5S. The van der Waals surface area contributed by atoms with E-state index in [-0.39, 0.29) is 43.5 Å². The van der Waals surface area contributed by atoms with Crippen molar-refractivity contribution in [1.82, 2.24) is 4.90 Å². The van der Waals surface area contributed by atoms with Crippen LogP contribution >= 0.6 is 11.8 Å². The first-order valence-electron chi connectivity index (χ1n) is 14.4. The molecule has 40 heavy (non-hydrogen) atoms. The summed E-state index contributed by atoms with van der Waals surface area (Å²) in [5.41, 5.74) is 2.76. The summed E-state index contributed by atoms with van der Waals surface area (Å²) in [6, 6.07) is 4.63. The number of hydrogen-bond acceptors (Lipinski definition) is 6. The molecule has 8 heteroatoms. The van der Waals surface area contributed by atoms with Crippen LogP contribution in [-0.2, 0) is 19.1 Å². The molecule has 218 valence electrons. The molecule has 0 radical (unpaired) electrons. The predicted octanol–water partition coefficient (Wildman–Crippen LogP) is 4.83. The number of benzene rings is 1. The minimum Gasteiger partial charge on any atom is -0.465 e. The van der Waals surface area contributed by atoms with Crippen molar-refractivity contribution in [2.45, 2.75) is 81.9 Å². The van der Waals surface area contributed by atoms with Crippen LogP contribution in [0.4, 0.5) is 5.69 Å². The van der Waals surface area contributed by atoms with Crippen LogP contribution < -0.4 is 4.90 Å². The van der Waals surface area contributed by atoms with Crippen LogP contribution in [0.5, 0.6) is 0 Å². The minimum absolute atomic E-state index is 0.0381. The molecular weight excluding hydrogens is 524 g/mol. The highest BCUT2D eigenvalue weighted by molar-refractivity contribution is 8.02. The molecule has 0 aromatic heterocycles. The number of aryl methyl sites for hydroxylation is 2. The third-order valence-corrected chi connectivity index (χ3v) is 11.3. The van der Waals surface area contributed by atoms with Gasteiger partial charge in [-0.05, 0) is 63.1 Å². The quantitative estimate of drug-likeness (QED) is 0.221. The Morgan fingerprint density at radius 1 is 1.27 bits per heavy atom. The minimum atomic E-state index is -0.825. The molecule has 3 aliphatic heterocycles. The van der Waals surface area contributed by atoms with E-state index in [0.29, 0.717) is 19.3 Å². The summed E-state index contributed by atoms with van der Waals surface area (Å²) >= 11 is 1.62. The largest absolute Gasteiger partial charge is 0.465 e. The molecule has 2 unspecified atom stereocenters. The summed E-state index contributed by atoms with van der Waals surface area (Å²) in [6.45, 7) is 17.9. The van der Waals surface area contributed by atoms with Gasteiger partial charge >= 0.3 is 5.97 Å². The lowest BCUT2D eigenvalue weighted by molar-refractivity contribution is -0.156. The molecule has 3 aliphatic rings. The Morgan fingerprint density at radius 2 is 2.00 bits per heavy atom. The van der Waals surface area contributed by atoms with Crippen LogP contribution in [0.2, 0.25) is 0 Å². The second-order valence-electron chi connectivity index (χ2n) is 11.9. The summed E-state index contributed by atoms with van der Waals surface area (Å²) < 4.78 is 4.36. The lowest BCUT2D eigenvalue weighted by atomic mass is 9.66. The lowest BCUT2D eigenvalue weighted by Gasteiger charge is -2.41. The van der Waals surface area contributed by atoms with E-state index >= 15 is 0 Å². The number of carbonyl (C=O) groups excluding carboxylic acids is 3. The van der Waals surface area contributed by atoms with Gasteiger partial charge in [0, 0.05) is 17.0 Å². The number of likely N-dealkylation sites (tertiary alicyclic amines) is 1. The van der Waals surface area contributed by atoms with Gasteiger partial charge in [-0.3, -0.25) is 14.4 Å². The number of aliphatic hydroxyl groups is 1. The van der Waals surface area contributed by atoms with Crippen molar-refractivity contribution in [2.75, 3.05) is 24.7 Å². The zero-order chi connectivity index (χ0) is 29.4. The van der Waals surface area contributed by atoms with Gasteiger partial charge in [0.25, 0.3) is 5.91 Å². The molecule has 3 fully saturated rings. The number of fused-ring (bicyclic) bond motifs is 1. The van der Waals surface area contributed by atoms with Crippen LogP contribution in [-0.4, -0.2) is 69.1 Å². The zero-order valence-corrected chi connectivity index (χ0v) is 25.3. The second kappa shape index (κ2) is 11.7. The van der Waals surface area contributed by atoms with Gasteiger partial charge in [0.1, 0.15) is 6.04 Å². The third-order valence-electron chi connectivity index (χ3n) is 9.35. The fourth-order valence-electron chi connectivity index (χ4n) is 7.10. The van der Waals surface area contributed by atoms with Crippen molar-refractivity contribution in [2.24, 2.45) is 17.8 Å². The van der Waals surface area contributed by atoms with Gasteiger partial charge in [0.15, 0.2) is 0 Å². The van der Waals surface area contributed by atoms with Gasteiger partial charge in [-0.1, -0.05) is 44.6 Å². The lowest BCUT2D eigenvalue weighted by Crippen LogP contribution is -2.58. The highest BCUT2D eigenvalue weighted by Crippen LogP contribution is 2.72. The van der Waals surface area contributed by atoms with Crippen LogP contribution in [0.25, 0.3) is 0 Å². The number of esters is 1. The average Bonchev–Trinajstić information content (AvgIpc) is 3.49. The summed E-state index contributed by atoms with van der Waals surface area (Å²) in [5, 5.41) is 10.6. The topological polar surface area (TPSA) is 87.1 Å². The predicted molar refractivity (Wildman–Crippen MR) is 160 cm³/mol. The molecule has 3 heterocycles. The maximum Gasteiger partial charge on any atom is 0.311 e. The Bertz CT molecular complexity index is 1190. The van der Waals surface area contributed by atoms with Crippen LogP contribution in [0.1, 0.15) is 57.6 Å². The van der Waals surface area contributed by atoms with Crippen molar-refractivity contribution < 1.29 is 24.2 Å². The first kappa shape index (κ1) is 30.4. The Hall–Kier alpha value is -2.58. The van der Waals surface area contributed by atoms with E-state index in [1.807, 2.05) is 52.8 Å². The summed E-state index contributed by atoms with van der Waals surface area (Å²) in [4.78, 5) is 46.3. The monoisotopic (exact) mass is 568 g/mol. The normalized spacial score (nSPS) is 30.1. The van der Waals surface area contributed by atoms with Crippen molar-refractivity contribution in [3.63, 3.8) is 0 Å². The number of anilines is 1. The molecule has 0 aliphatic carbocycles. The Balaban J connectivity index is 1.86. The van der Waals surface area contributed by atoms with Gasteiger partial charge in [-0.2, -0.15) is 0 Å². The maximum absolute atomic E-state index is 14.9. The zero-order valence-electron chi connectivity index (χ0n) is 24.5. The number of carbonyl (C=O) groups is 3. The van der Waals surface area contributed by atoms with Crippen molar-refractivity contribution in [3.8, 4) is 0 Å². The van der Waals surface area contributed by atoms with E-state index in [2.05, 4.69) is 13.2 Å². The van der Waals surface area contributed by atoms with Crippen molar-refractivity contribution >= 4 is 35.2 Å². The first-order chi connectivity index (χ1) is 19.0. The Labute approximate surface area is 243 Å². The van der Waals surface area contributed by atoms with E-state index in [0.717, 1.165) is 23.2 Å². The highest BCUT2D eigenvalue weighted by Gasteiger charge is 2.78. The SMILES string of the molecule is C=CCCOC(=O)[C@H]1[C@H]2C(=O)N([C@@H](CO)[C@@H](C)CC)C(C(=O)N(CC=C)c3cc(C)ccc3C)C23CC[C@]1(C)S3. The smallest absolute Gasteiger partial charge is 0.311 e. The van der Waals surface area contributed by atoms with E-state index in [4.69, 9.17) is 4.74 Å². The van der Waals surface area contributed by atoms with Crippen LogP contribution in [0.3, 0.4) is 0 Å². The van der Waals surface area contributed by atoms with Crippen molar-refractivity contribution in [1.29, 1.82) is 0 Å². The Kier molecular flexibility index (Phi) is 8.91. The molecule has 4 rings (SSSR count). The molecule has 1 aromatic carbocycles. The standard InChI is InChI=1S/C32H44N2O5S/c1-8-11-17-39-30(38)26-25-28(36)34(24(19-35)21(5)10-3)27(32(25)15-14-31(26,7)40-32)29(37)33(16-9-2)23-18-20(4)12-13-22(23)6/h8-9,12-13,18,21,24-27,35H,1-2,10-11,14-17,19H2,3-7H3/t21-,24-,25-,26+,27?,31-,32?/m0/s1. The van der Waals surface area contributed by atoms with Crippen LogP contribution in [0, 0.1) is 31.6 Å². The molecule has 0 saturated carbocycles. The van der Waals surface area contributed by atoms with Gasteiger partial charge in [-0.15, -0.1) is 24.9 Å². The number of thioether (sulfide) groups is 1. The van der Waals surface area contributed by atoms with E-state index in [1.165, 1.54) is 0 Å². The number of hydrogen-bond donors (Lipinski definition) is 1. The molecule has 1 aromatic rings. The second-order valence-corrected chi connectivity index (χ2v) is 13.8. The molecule has 7 atom stereocenters. The van der Waals surface area contributed by atoms with Gasteiger partial charge in [0.05, 0.1) is 35.8 Å². The van der Waals surface area contributed by atoms with Gasteiger partial charge < -0.3 is 19.6 Å². The average molecular weight is 569 g/mol. The summed E-state index contributed by atoms with van der Waals surface area (Å²) in [6.07, 6.45) is 6.02. The molecule has 7 nitrogen and oxygen atoms in total. The highest BCUT2D eigenvalue weighted by atomic mass is 32.2. The number of ether oxygens (including phenoxy) is 1. The van der Waals surface area contributed by atoms with Gasteiger partial charge in [-0.25, -0.2) is 0 Å². The number of rotatable bonds is 12. The first-order valence-corrected chi connectivity index (χ1v) is 15.2. The van der Waals surface area contributed by atoms with Gasteiger partial charge in [0.2, 0.25) is 5.91 Å². The molecule has 2 bridgehead atoms. The summed E-state index contributed by atoms with van der Waals surface area (Å²) in [7, 11) is 0. The Morgan fingerprint density at radius 3 is 2.62 bits per heavy atom. The number of nitrogens with zero attached hydrogens (tertiary/aromatic N) is 2. The molecule has 2 amide bonds. The summed E-state index contributed by atoms with van der Waals surface area (Å²) in [5.74, 6) is -2.19. The molecule has 3 saturated heterocycles. The molecule has 1 spiro atoms. The molecule has 1 N–H and O–H groups in total. The fourth-order valence-corrected chi connectivity index (χ4v) is 9.42. The number of amides is 2. The fraction of sp³-hybridized carbons (Fsp3) is 0.594. The van der Waals surface area contributed by atoms with E-state index in [1.54, 1.807) is 33.7 Å². The van der Waals surface area contributed by atoms with Crippen molar-refractivity contribution in [3.05, 3.63) is 54.6 Å². The van der Waals surface area contributed by atoms with Crippen LogP contribution in [0.15, 0.2) is 43.5 Å².